The molecule has 0 aliphatic carbocycles. The van der Waals surface area contributed by atoms with Crippen LogP contribution in [0.4, 0.5) is 0 Å². The smallest absolute Gasteiger partial charge is 0.233 e. The molecule has 2 aromatic rings. The van der Waals surface area contributed by atoms with Crippen molar-refractivity contribution in [3.8, 4) is 0 Å². The number of rotatable bonds is 6. The number of nitrogens with zero attached hydrogens (tertiary/aromatic N) is 1. The SMILES string of the molecule is C[C@H](SCc1ccccc1)C(=O)NCc1cccnc1. The van der Waals surface area contributed by atoms with Gasteiger partial charge in [0.05, 0.1) is 5.25 Å². The molecular formula is C16H18N2OS. The van der Waals surface area contributed by atoms with Gasteiger partial charge in [0, 0.05) is 24.7 Å². The number of amides is 1. The molecule has 1 aromatic carbocycles. The molecule has 1 amide bonds. The Morgan fingerprint density at radius 1 is 1.20 bits per heavy atom. The van der Waals surface area contributed by atoms with Gasteiger partial charge in [-0.15, -0.1) is 11.8 Å². The van der Waals surface area contributed by atoms with Gasteiger partial charge in [0.15, 0.2) is 0 Å². The van der Waals surface area contributed by atoms with Gasteiger partial charge < -0.3 is 5.32 Å². The highest BCUT2D eigenvalue weighted by Gasteiger charge is 2.12. The highest BCUT2D eigenvalue weighted by atomic mass is 32.2. The van der Waals surface area contributed by atoms with Crippen LogP contribution in [0.3, 0.4) is 0 Å². The lowest BCUT2D eigenvalue weighted by molar-refractivity contribution is -0.120. The Bertz CT molecular complexity index is 531. The molecule has 104 valence electrons. The van der Waals surface area contributed by atoms with E-state index in [1.807, 2.05) is 37.3 Å². The summed E-state index contributed by atoms with van der Waals surface area (Å²) < 4.78 is 0. The van der Waals surface area contributed by atoms with Crippen molar-refractivity contribution in [1.29, 1.82) is 0 Å². The maximum atomic E-state index is 12.0. The van der Waals surface area contributed by atoms with Gasteiger partial charge in [-0.3, -0.25) is 9.78 Å². The Balaban J connectivity index is 1.75. The van der Waals surface area contributed by atoms with Crippen molar-refractivity contribution in [2.75, 3.05) is 0 Å². The zero-order valence-corrected chi connectivity index (χ0v) is 12.3. The number of nitrogens with one attached hydrogen (secondary N) is 1. The first-order valence-electron chi connectivity index (χ1n) is 6.58. The van der Waals surface area contributed by atoms with Crippen LogP contribution in [-0.2, 0) is 17.1 Å². The molecule has 0 aliphatic rings. The molecule has 0 spiro atoms. The fraction of sp³-hybridized carbons (Fsp3) is 0.250. The molecule has 1 aromatic heterocycles. The Labute approximate surface area is 123 Å². The Hall–Kier alpha value is -1.81. The van der Waals surface area contributed by atoms with E-state index in [1.165, 1.54) is 5.56 Å². The van der Waals surface area contributed by atoms with Crippen molar-refractivity contribution in [2.24, 2.45) is 0 Å². The third-order valence-electron chi connectivity index (χ3n) is 2.90. The van der Waals surface area contributed by atoms with Crippen molar-refractivity contribution in [1.82, 2.24) is 10.3 Å². The van der Waals surface area contributed by atoms with E-state index in [0.29, 0.717) is 6.54 Å². The number of hydrogen-bond acceptors (Lipinski definition) is 3. The van der Waals surface area contributed by atoms with Crippen molar-refractivity contribution in [3.63, 3.8) is 0 Å². The van der Waals surface area contributed by atoms with E-state index in [9.17, 15) is 4.79 Å². The second-order valence-corrected chi connectivity index (χ2v) is 5.85. The third kappa shape index (κ3) is 4.70. The summed E-state index contributed by atoms with van der Waals surface area (Å²) >= 11 is 1.65. The summed E-state index contributed by atoms with van der Waals surface area (Å²) in [5.74, 6) is 0.914. The van der Waals surface area contributed by atoms with Crippen molar-refractivity contribution >= 4 is 17.7 Å². The van der Waals surface area contributed by atoms with Crippen LogP contribution in [-0.4, -0.2) is 16.1 Å². The highest BCUT2D eigenvalue weighted by molar-refractivity contribution is 7.99. The van der Waals surface area contributed by atoms with E-state index < -0.39 is 0 Å². The first-order valence-corrected chi connectivity index (χ1v) is 7.63. The molecule has 20 heavy (non-hydrogen) atoms. The molecule has 2 rings (SSSR count). The van der Waals surface area contributed by atoms with Gasteiger partial charge in [-0.05, 0) is 24.1 Å². The number of thioether (sulfide) groups is 1. The number of benzene rings is 1. The van der Waals surface area contributed by atoms with Crippen molar-refractivity contribution in [2.45, 2.75) is 24.5 Å². The Morgan fingerprint density at radius 3 is 2.65 bits per heavy atom. The van der Waals surface area contributed by atoms with E-state index in [4.69, 9.17) is 0 Å². The topological polar surface area (TPSA) is 42.0 Å². The summed E-state index contributed by atoms with van der Waals surface area (Å²) in [6.07, 6.45) is 3.49. The fourth-order valence-electron chi connectivity index (χ4n) is 1.71. The van der Waals surface area contributed by atoms with Crippen LogP contribution >= 0.6 is 11.8 Å². The largest absolute Gasteiger partial charge is 0.351 e. The second kappa shape index (κ2) is 7.70. The first-order chi connectivity index (χ1) is 9.75. The zero-order valence-electron chi connectivity index (χ0n) is 11.5. The van der Waals surface area contributed by atoms with E-state index in [2.05, 4.69) is 22.4 Å². The lowest BCUT2D eigenvalue weighted by Crippen LogP contribution is -2.30. The normalized spacial score (nSPS) is 11.8. The highest BCUT2D eigenvalue weighted by Crippen LogP contribution is 2.17. The number of carbonyl (C=O) groups excluding carboxylic acids is 1. The average molecular weight is 286 g/mol. The minimum absolute atomic E-state index is 0.0631. The molecule has 0 fully saturated rings. The quantitative estimate of drug-likeness (QED) is 0.887. The Kier molecular flexibility index (Phi) is 5.62. The summed E-state index contributed by atoms with van der Waals surface area (Å²) in [6.45, 7) is 2.47. The number of pyridine rings is 1. The van der Waals surface area contributed by atoms with Gasteiger partial charge in [0.1, 0.15) is 0 Å². The monoisotopic (exact) mass is 286 g/mol. The van der Waals surface area contributed by atoms with E-state index in [1.54, 1.807) is 24.2 Å². The number of carbonyl (C=O) groups is 1. The lowest BCUT2D eigenvalue weighted by Gasteiger charge is -2.12. The second-order valence-electron chi connectivity index (χ2n) is 4.52. The van der Waals surface area contributed by atoms with Crippen LogP contribution in [0.1, 0.15) is 18.1 Å². The van der Waals surface area contributed by atoms with Crippen molar-refractivity contribution < 1.29 is 4.79 Å². The summed E-state index contributed by atoms with van der Waals surface area (Å²) in [5.41, 5.74) is 2.26. The van der Waals surface area contributed by atoms with Crippen LogP contribution in [0, 0.1) is 0 Å². The molecular weight excluding hydrogens is 268 g/mol. The van der Waals surface area contributed by atoms with E-state index in [-0.39, 0.29) is 11.2 Å². The van der Waals surface area contributed by atoms with E-state index >= 15 is 0 Å². The molecule has 0 radical (unpaired) electrons. The molecule has 0 saturated heterocycles. The van der Waals surface area contributed by atoms with Gasteiger partial charge in [-0.1, -0.05) is 36.4 Å². The summed E-state index contributed by atoms with van der Waals surface area (Å²) in [4.78, 5) is 16.0. The predicted octanol–water partition coefficient (Wildman–Crippen LogP) is 3.02. The van der Waals surface area contributed by atoms with Gasteiger partial charge in [0.25, 0.3) is 0 Å². The zero-order chi connectivity index (χ0) is 14.2. The molecule has 1 N–H and O–H groups in total. The van der Waals surface area contributed by atoms with Crippen LogP contribution in [0.25, 0.3) is 0 Å². The number of aromatic nitrogens is 1. The molecule has 1 atom stereocenters. The molecule has 0 unspecified atom stereocenters. The Morgan fingerprint density at radius 2 is 1.95 bits per heavy atom. The molecule has 3 nitrogen and oxygen atoms in total. The lowest BCUT2D eigenvalue weighted by atomic mass is 10.2. The average Bonchev–Trinajstić information content (AvgIpc) is 2.52. The predicted molar refractivity (Wildman–Crippen MR) is 83.3 cm³/mol. The summed E-state index contributed by atoms with van der Waals surface area (Å²) in [5, 5.41) is 2.87. The molecule has 4 heteroatoms. The first kappa shape index (κ1) is 14.6. The number of hydrogen-bond donors (Lipinski definition) is 1. The maximum Gasteiger partial charge on any atom is 0.233 e. The van der Waals surface area contributed by atoms with Crippen molar-refractivity contribution in [3.05, 3.63) is 66.0 Å². The molecule has 0 bridgehead atoms. The molecule has 0 aliphatic heterocycles. The summed E-state index contributed by atoms with van der Waals surface area (Å²) in [6, 6.07) is 14.0. The van der Waals surface area contributed by atoms with Gasteiger partial charge >= 0.3 is 0 Å². The van der Waals surface area contributed by atoms with Gasteiger partial charge in [-0.25, -0.2) is 0 Å². The van der Waals surface area contributed by atoms with Gasteiger partial charge in [-0.2, -0.15) is 0 Å². The minimum atomic E-state index is -0.0631. The van der Waals surface area contributed by atoms with Crippen LogP contribution < -0.4 is 5.32 Å². The molecule has 0 saturated carbocycles. The fourth-order valence-corrected chi connectivity index (χ4v) is 2.58. The summed E-state index contributed by atoms with van der Waals surface area (Å²) in [7, 11) is 0. The van der Waals surface area contributed by atoms with E-state index in [0.717, 1.165) is 11.3 Å². The minimum Gasteiger partial charge on any atom is -0.351 e. The standard InChI is InChI=1S/C16H18N2OS/c1-13(20-12-14-6-3-2-4-7-14)16(19)18-11-15-8-5-9-17-10-15/h2-10,13H,11-12H2,1H3,(H,18,19)/t13-/m0/s1. The van der Waals surface area contributed by atoms with Crippen LogP contribution in [0.15, 0.2) is 54.9 Å². The van der Waals surface area contributed by atoms with Gasteiger partial charge in [0.2, 0.25) is 5.91 Å². The third-order valence-corrected chi connectivity index (χ3v) is 4.12. The van der Waals surface area contributed by atoms with Crippen LogP contribution in [0.5, 0.6) is 0 Å². The maximum absolute atomic E-state index is 12.0. The molecule has 1 heterocycles. The van der Waals surface area contributed by atoms with Crippen LogP contribution in [0.2, 0.25) is 0 Å².